The average Bonchev–Trinajstić information content (AvgIpc) is 2.52. The Morgan fingerprint density at radius 3 is 2.12 bits per heavy atom. The van der Waals surface area contributed by atoms with Crippen LogP contribution in [0.25, 0.3) is 0 Å². The van der Waals surface area contributed by atoms with Crippen LogP contribution in [0.4, 0.5) is 0 Å². The Bertz CT molecular complexity index is 794. The summed E-state index contributed by atoms with van der Waals surface area (Å²) in [6.45, 7) is 7.85. The second-order valence-corrected chi connectivity index (χ2v) is 9.14. The number of aryl methyl sites for hydroxylation is 1. The number of rotatable bonds is 6. The lowest BCUT2D eigenvalue weighted by Crippen LogP contribution is -2.33. The van der Waals surface area contributed by atoms with Crippen molar-refractivity contribution in [3.05, 3.63) is 64.7 Å². The van der Waals surface area contributed by atoms with Gasteiger partial charge in [0, 0.05) is 11.6 Å². The molecule has 25 heavy (non-hydrogen) atoms. The molecule has 6 heteroatoms. The third kappa shape index (κ3) is 6.12. The summed E-state index contributed by atoms with van der Waals surface area (Å²) in [6.07, 6.45) is -0.419. The van der Waals surface area contributed by atoms with Crippen LogP contribution in [0.2, 0.25) is 5.02 Å². The van der Waals surface area contributed by atoms with Gasteiger partial charge in [-0.1, -0.05) is 41.4 Å². The van der Waals surface area contributed by atoms with Gasteiger partial charge in [-0.15, -0.1) is 0 Å². The SMILES string of the molecule is Cc1ccc(S(=O)(=O)NCC(OC(C)(C)C)c2ccc(Cl)cc2)cc1. The molecule has 136 valence electrons. The van der Waals surface area contributed by atoms with E-state index >= 15 is 0 Å². The van der Waals surface area contributed by atoms with Crippen LogP contribution < -0.4 is 4.72 Å². The molecule has 0 spiro atoms. The van der Waals surface area contributed by atoms with E-state index in [-0.39, 0.29) is 11.4 Å². The molecular formula is C19H24ClNO3S. The maximum Gasteiger partial charge on any atom is 0.240 e. The summed E-state index contributed by atoms with van der Waals surface area (Å²) in [5, 5.41) is 0.624. The third-order valence-electron chi connectivity index (χ3n) is 3.53. The Morgan fingerprint density at radius 1 is 1.04 bits per heavy atom. The molecule has 0 bridgehead atoms. The van der Waals surface area contributed by atoms with E-state index in [1.165, 1.54) is 0 Å². The largest absolute Gasteiger partial charge is 0.367 e. The average molecular weight is 382 g/mol. The highest BCUT2D eigenvalue weighted by Crippen LogP contribution is 2.25. The molecule has 0 saturated heterocycles. The highest BCUT2D eigenvalue weighted by Gasteiger charge is 2.23. The first-order valence-corrected chi connectivity index (χ1v) is 9.92. The van der Waals surface area contributed by atoms with Gasteiger partial charge in [-0.2, -0.15) is 0 Å². The lowest BCUT2D eigenvalue weighted by molar-refractivity contribution is -0.0587. The molecule has 0 amide bonds. The molecule has 0 aliphatic rings. The van der Waals surface area contributed by atoms with Gasteiger partial charge in [-0.25, -0.2) is 13.1 Å². The van der Waals surface area contributed by atoms with Gasteiger partial charge in [-0.3, -0.25) is 0 Å². The maximum absolute atomic E-state index is 12.5. The highest BCUT2D eigenvalue weighted by atomic mass is 35.5. The Kier molecular flexibility index (Phi) is 6.27. The molecule has 0 aromatic heterocycles. The van der Waals surface area contributed by atoms with E-state index < -0.39 is 21.7 Å². The van der Waals surface area contributed by atoms with Crippen LogP contribution in [0, 0.1) is 6.92 Å². The summed E-state index contributed by atoms with van der Waals surface area (Å²) in [5.74, 6) is 0. The number of ether oxygens (including phenoxy) is 1. The quantitative estimate of drug-likeness (QED) is 0.802. The van der Waals surface area contributed by atoms with Gasteiger partial charge in [0.05, 0.1) is 16.6 Å². The Labute approximate surface area is 155 Å². The van der Waals surface area contributed by atoms with Gasteiger partial charge in [0.25, 0.3) is 0 Å². The summed E-state index contributed by atoms with van der Waals surface area (Å²) >= 11 is 5.94. The zero-order valence-corrected chi connectivity index (χ0v) is 16.5. The van der Waals surface area contributed by atoms with Gasteiger partial charge in [-0.05, 0) is 57.5 Å². The van der Waals surface area contributed by atoms with E-state index in [4.69, 9.17) is 16.3 Å². The molecule has 0 radical (unpaired) electrons. The lowest BCUT2D eigenvalue weighted by atomic mass is 10.1. The van der Waals surface area contributed by atoms with E-state index in [1.807, 2.05) is 39.8 Å². The predicted octanol–water partition coefficient (Wildman–Crippen LogP) is 4.48. The van der Waals surface area contributed by atoms with Gasteiger partial charge < -0.3 is 4.74 Å². The first-order chi connectivity index (χ1) is 11.6. The fraction of sp³-hybridized carbons (Fsp3) is 0.368. The van der Waals surface area contributed by atoms with Crippen molar-refractivity contribution in [2.24, 2.45) is 0 Å². The molecule has 1 N–H and O–H groups in total. The van der Waals surface area contributed by atoms with Gasteiger partial charge in [0.2, 0.25) is 10.0 Å². The molecule has 0 aliphatic heterocycles. The molecule has 0 heterocycles. The molecule has 0 fully saturated rings. The Balaban J connectivity index is 2.18. The highest BCUT2D eigenvalue weighted by molar-refractivity contribution is 7.89. The van der Waals surface area contributed by atoms with Crippen molar-refractivity contribution in [1.29, 1.82) is 0 Å². The summed E-state index contributed by atoms with van der Waals surface area (Å²) in [5.41, 5.74) is 1.46. The number of hydrogen-bond donors (Lipinski definition) is 1. The van der Waals surface area contributed by atoms with E-state index in [2.05, 4.69) is 4.72 Å². The lowest BCUT2D eigenvalue weighted by Gasteiger charge is -2.28. The van der Waals surface area contributed by atoms with Crippen LogP contribution in [-0.2, 0) is 14.8 Å². The minimum absolute atomic E-state index is 0.134. The summed E-state index contributed by atoms with van der Waals surface area (Å²) in [7, 11) is -3.60. The first-order valence-electron chi connectivity index (χ1n) is 8.06. The van der Waals surface area contributed by atoms with Crippen molar-refractivity contribution in [3.63, 3.8) is 0 Å². The minimum Gasteiger partial charge on any atom is -0.367 e. The number of benzene rings is 2. The predicted molar refractivity (Wildman–Crippen MR) is 101 cm³/mol. The van der Waals surface area contributed by atoms with Crippen LogP contribution in [0.15, 0.2) is 53.4 Å². The zero-order valence-electron chi connectivity index (χ0n) is 14.9. The minimum atomic E-state index is -3.60. The standard InChI is InChI=1S/C19H24ClNO3S/c1-14-5-11-17(12-6-14)25(22,23)21-13-18(24-19(2,3)4)15-7-9-16(20)10-8-15/h5-12,18,21H,13H2,1-4H3. The summed E-state index contributed by atoms with van der Waals surface area (Å²) in [4.78, 5) is 0.240. The second kappa shape index (κ2) is 7.87. The van der Waals surface area contributed by atoms with Crippen LogP contribution in [-0.4, -0.2) is 20.6 Å². The van der Waals surface area contributed by atoms with Crippen LogP contribution >= 0.6 is 11.6 Å². The van der Waals surface area contributed by atoms with E-state index in [9.17, 15) is 8.42 Å². The zero-order chi connectivity index (χ0) is 18.7. The molecule has 4 nitrogen and oxygen atoms in total. The molecule has 0 saturated carbocycles. The molecule has 1 unspecified atom stereocenters. The summed E-state index contributed by atoms with van der Waals surface area (Å²) in [6, 6.07) is 14.0. The first kappa shape index (κ1) is 19.9. The van der Waals surface area contributed by atoms with E-state index in [1.54, 1.807) is 36.4 Å². The number of hydrogen-bond acceptors (Lipinski definition) is 3. The van der Waals surface area contributed by atoms with Crippen molar-refractivity contribution < 1.29 is 13.2 Å². The summed E-state index contributed by atoms with van der Waals surface area (Å²) < 4.78 is 33.7. The monoisotopic (exact) mass is 381 g/mol. The van der Waals surface area contributed by atoms with Crippen molar-refractivity contribution in [2.75, 3.05) is 6.54 Å². The molecule has 2 aromatic carbocycles. The van der Waals surface area contributed by atoms with Crippen molar-refractivity contribution in [1.82, 2.24) is 4.72 Å². The van der Waals surface area contributed by atoms with E-state index in [0.29, 0.717) is 5.02 Å². The van der Waals surface area contributed by atoms with Gasteiger partial charge >= 0.3 is 0 Å². The fourth-order valence-electron chi connectivity index (χ4n) is 2.32. The normalized spacial score (nSPS) is 13.6. The maximum atomic E-state index is 12.5. The molecule has 2 aromatic rings. The van der Waals surface area contributed by atoms with Crippen molar-refractivity contribution in [3.8, 4) is 0 Å². The topological polar surface area (TPSA) is 55.4 Å². The number of halogens is 1. The smallest absolute Gasteiger partial charge is 0.240 e. The molecule has 0 aliphatic carbocycles. The second-order valence-electron chi connectivity index (χ2n) is 6.94. The fourth-order valence-corrected chi connectivity index (χ4v) is 3.48. The van der Waals surface area contributed by atoms with Crippen LogP contribution in [0.3, 0.4) is 0 Å². The van der Waals surface area contributed by atoms with Crippen LogP contribution in [0.5, 0.6) is 0 Å². The molecular weight excluding hydrogens is 358 g/mol. The van der Waals surface area contributed by atoms with Crippen molar-refractivity contribution >= 4 is 21.6 Å². The number of sulfonamides is 1. The third-order valence-corrected chi connectivity index (χ3v) is 5.22. The molecule has 2 rings (SSSR count). The number of nitrogens with one attached hydrogen (secondary N) is 1. The van der Waals surface area contributed by atoms with Gasteiger partial charge in [0.15, 0.2) is 0 Å². The van der Waals surface area contributed by atoms with E-state index in [0.717, 1.165) is 11.1 Å². The Morgan fingerprint density at radius 2 is 1.60 bits per heavy atom. The molecule has 1 atom stereocenters. The van der Waals surface area contributed by atoms with Crippen LogP contribution in [0.1, 0.15) is 38.0 Å². The Hall–Kier alpha value is -1.40. The van der Waals surface area contributed by atoms with Crippen molar-refractivity contribution in [2.45, 2.75) is 44.3 Å². The van der Waals surface area contributed by atoms with Gasteiger partial charge in [0.1, 0.15) is 0 Å².